The van der Waals surface area contributed by atoms with Crippen LogP contribution in [-0.4, -0.2) is 32.2 Å². The summed E-state index contributed by atoms with van der Waals surface area (Å²) in [6.07, 6.45) is 1.71. The normalized spacial score (nSPS) is 10.6. The second kappa shape index (κ2) is 10.0. The van der Waals surface area contributed by atoms with Gasteiger partial charge in [0.2, 0.25) is 11.8 Å². The first-order valence-electron chi connectivity index (χ1n) is 9.14. The summed E-state index contributed by atoms with van der Waals surface area (Å²) < 4.78 is 14.9. The first-order chi connectivity index (χ1) is 14.4. The Labute approximate surface area is 177 Å². The molecular weight excluding hydrogens is 407 g/mol. The number of aromatic nitrogens is 2. The number of aliphatic hydroxyl groups is 1. The predicted molar refractivity (Wildman–Crippen MR) is 114 cm³/mol. The van der Waals surface area contributed by atoms with Gasteiger partial charge in [-0.3, -0.25) is 9.59 Å². The van der Waals surface area contributed by atoms with Crippen molar-refractivity contribution in [1.29, 1.82) is 0 Å². The smallest absolute Gasteiger partial charge is 0.234 e. The number of thioether (sulfide) groups is 1. The molecule has 3 N–H and O–H groups in total. The summed E-state index contributed by atoms with van der Waals surface area (Å²) in [6.45, 7) is 1.64. The van der Waals surface area contributed by atoms with E-state index in [1.165, 1.54) is 30.8 Å². The van der Waals surface area contributed by atoms with Gasteiger partial charge in [0.15, 0.2) is 5.16 Å². The van der Waals surface area contributed by atoms with Gasteiger partial charge < -0.3 is 20.3 Å². The van der Waals surface area contributed by atoms with Crippen molar-refractivity contribution in [3.8, 4) is 0 Å². The van der Waals surface area contributed by atoms with E-state index in [1.807, 2.05) is 4.57 Å². The fourth-order valence-electron chi connectivity index (χ4n) is 2.75. The van der Waals surface area contributed by atoms with Crippen LogP contribution in [0.5, 0.6) is 0 Å². The molecular formula is C21H21FN4O3S. The van der Waals surface area contributed by atoms with Crippen LogP contribution in [0.25, 0.3) is 0 Å². The number of amides is 2. The lowest BCUT2D eigenvalue weighted by atomic mass is 10.2. The number of benzene rings is 2. The van der Waals surface area contributed by atoms with Crippen molar-refractivity contribution >= 4 is 35.0 Å². The van der Waals surface area contributed by atoms with Crippen molar-refractivity contribution in [2.45, 2.75) is 25.2 Å². The number of carbonyl (C=O) groups is 2. The highest BCUT2D eigenvalue weighted by Crippen LogP contribution is 2.21. The monoisotopic (exact) mass is 428 g/mol. The summed E-state index contributed by atoms with van der Waals surface area (Å²) in [4.78, 5) is 27.9. The average Bonchev–Trinajstić information content (AvgIpc) is 3.10. The van der Waals surface area contributed by atoms with Gasteiger partial charge in [-0.25, -0.2) is 9.37 Å². The van der Waals surface area contributed by atoms with Crippen LogP contribution in [0.2, 0.25) is 0 Å². The van der Waals surface area contributed by atoms with Crippen LogP contribution in [0.3, 0.4) is 0 Å². The van der Waals surface area contributed by atoms with Crippen molar-refractivity contribution in [3.63, 3.8) is 0 Å². The van der Waals surface area contributed by atoms with E-state index < -0.39 is 0 Å². The van der Waals surface area contributed by atoms with E-state index in [0.29, 0.717) is 28.8 Å². The van der Waals surface area contributed by atoms with Gasteiger partial charge in [0.25, 0.3) is 0 Å². The van der Waals surface area contributed by atoms with Crippen molar-refractivity contribution < 1.29 is 19.1 Å². The summed E-state index contributed by atoms with van der Waals surface area (Å²) >= 11 is 1.23. The molecule has 0 atom stereocenters. The van der Waals surface area contributed by atoms with Crippen LogP contribution in [-0.2, 0) is 22.7 Å². The van der Waals surface area contributed by atoms with E-state index in [0.717, 1.165) is 5.56 Å². The standard InChI is InChI=1S/C21H21FN4O3S/c1-14(28)23-17-3-2-4-18(9-17)24-20(29)13-30-21-25-19(12-27)11-26(21)10-15-5-7-16(22)8-6-15/h2-9,11,27H,10,12-13H2,1H3,(H,23,28)(H,24,29). The van der Waals surface area contributed by atoms with Gasteiger partial charge in [-0.15, -0.1) is 0 Å². The topological polar surface area (TPSA) is 96.2 Å². The lowest BCUT2D eigenvalue weighted by molar-refractivity contribution is -0.114. The van der Waals surface area contributed by atoms with Crippen LogP contribution in [0.1, 0.15) is 18.2 Å². The van der Waals surface area contributed by atoms with Gasteiger partial charge in [-0.05, 0) is 35.9 Å². The summed E-state index contributed by atoms with van der Waals surface area (Å²) in [5.74, 6) is -0.631. The van der Waals surface area contributed by atoms with Crippen LogP contribution in [0.15, 0.2) is 59.9 Å². The summed E-state index contributed by atoms with van der Waals surface area (Å²) in [7, 11) is 0. The maximum Gasteiger partial charge on any atom is 0.234 e. The Morgan fingerprint density at radius 1 is 1.13 bits per heavy atom. The average molecular weight is 428 g/mol. The minimum atomic E-state index is -0.311. The second-order valence-corrected chi connectivity index (χ2v) is 7.47. The Hall–Kier alpha value is -3.17. The number of rotatable bonds is 8. The fourth-order valence-corrected chi connectivity index (χ4v) is 3.54. The molecule has 0 spiro atoms. The van der Waals surface area contributed by atoms with Gasteiger partial charge in [0, 0.05) is 31.0 Å². The van der Waals surface area contributed by atoms with Gasteiger partial charge in [-0.1, -0.05) is 30.0 Å². The lowest BCUT2D eigenvalue weighted by Gasteiger charge is -2.09. The molecule has 1 aromatic heterocycles. The van der Waals surface area contributed by atoms with Crippen LogP contribution in [0.4, 0.5) is 15.8 Å². The molecule has 0 saturated heterocycles. The lowest BCUT2D eigenvalue weighted by Crippen LogP contribution is -2.15. The molecule has 2 aromatic carbocycles. The molecule has 2 amide bonds. The Morgan fingerprint density at radius 2 is 1.83 bits per heavy atom. The highest BCUT2D eigenvalue weighted by Gasteiger charge is 2.12. The maximum absolute atomic E-state index is 13.1. The molecule has 0 unspecified atom stereocenters. The highest BCUT2D eigenvalue weighted by atomic mass is 32.2. The second-order valence-electron chi connectivity index (χ2n) is 6.53. The Kier molecular flexibility index (Phi) is 7.21. The number of nitrogens with one attached hydrogen (secondary N) is 2. The van der Waals surface area contributed by atoms with Crippen LogP contribution >= 0.6 is 11.8 Å². The quantitative estimate of drug-likeness (QED) is 0.479. The molecule has 0 bridgehead atoms. The summed E-state index contributed by atoms with van der Waals surface area (Å²) in [6, 6.07) is 13.0. The summed E-state index contributed by atoms with van der Waals surface area (Å²) in [5, 5.41) is 15.4. The van der Waals surface area contributed by atoms with E-state index in [2.05, 4.69) is 15.6 Å². The number of hydrogen-bond donors (Lipinski definition) is 3. The molecule has 156 valence electrons. The minimum Gasteiger partial charge on any atom is -0.390 e. The number of carbonyl (C=O) groups excluding carboxylic acids is 2. The van der Waals surface area contributed by atoms with Gasteiger partial charge in [0.1, 0.15) is 5.82 Å². The molecule has 0 aliphatic heterocycles. The molecule has 9 heteroatoms. The van der Waals surface area contributed by atoms with Crippen molar-refractivity contribution in [3.05, 3.63) is 71.8 Å². The fraction of sp³-hybridized carbons (Fsp3) is 0.190. The van der Waals surface area contributed by atoms with E-state index in [1.54, 1.807) is 42.6 Å². The van der Waals surface area contributed by atoms with Gasteiger partial charge in [0.05, 0.1) is 18.1 Å². The first kappa shape index (κ1) is 21.5. The Balaban J connectivity index is 1.63. The van der Waals surface area contributed by atoms with Gasteiger partial charge >= 0.3 is 0 Å². The zero-order chi connectivity index (χ0) is 21.5. The minimum absolute atomic E-state index is 0.107. The van der Waals surface area contributed by atoms with Gasteiger partial charge in [-0.2, -0.15) is 0 Å². The van der Waals surface area contributed by atoms with E-state index in [9.17, 15) is 19.1 Å². The Morgan fingerprint density at radius 3 is 2.50 bits per heavy atom. The van der Waals surface area contributed by atoms with E-state index >= 15 is 0 Å². The molecule has 0 aliphatic carbocycles. The first-order valence-corrected chi connectivity index (χ1v) is 10.1. The predicted octanol–water partition coefficient (Wildman–Crippen LogP) is 3.25. The molecule has 0 saturated carbocycles. The third-order valence-electron chi connectivity index (χ3n) is 4.02. The molecule has 30 heavy (non-hydrogen) atoms. The SMILES string of the molecule is CC(=O)Nc1cccc(NC(=O)CSc2nc(CO)cn2Cc2ccc(F)cc2)c1. The van der Waals surface area contributed by atoms with Crippen molar-refractivity contribution in [2.75, 3.05) is 16.4 Å². The zero-order valence-corrected chi connectivity index (χ0v) is 17.1. The molecule has 7 nitrogen and oxygen atoms in total. The highest BCUT2D eigenvalue weighted by molar-refractivity contribution is 7.99. The third kappa shape index (κ3) is 6.16. The van der Waals surface area contributed by atoms with Crippen molar-refractivity contribution in [2.24, 2.45) is 0 Å². The number of anilines is 2. The number of nitrogens with zero attached hydrogens (tertiary/aromatic N) is 2. The third-order valence-corrected chi connectivity index (χ3v) is 5.01. The number of halogens is 1. The number of imidazole rings is 1. The van der Waals surface area contributed by atoms with Crippen LogP contribution < -0.4 is 10.6 Å². The zero-order valence-electron chi connectivity index (χ0n) is 16.3. The molecule has 3 aromatic rings. The van der Waals surface area contributed by atoms with E-state index in [4.69, 9.17) is 0 Å². The largest absolute Gasteiger partial charge is 0.390 e. The van der Waals surface area contributed by atoms with E-state index in [-0.39, 0.29) is 30.0 Å². The Bertz CT molecular complexity index is 1040. The summed E-state index contributed by atoms with van der Waals surface area (Å²) in [5.41, 5.74) is 2.52. The van der Waals surface area contributed by atoms with Crippen LogP contribution in [0, 0.1) is 5.82 Å². The number of aliphatic hydroxyl groups excluding tert-OH is 1. The molecule has 0 aliphatic rings. The molecule has 0 radical (unpaired) electrons. The number of hydrogen-bond acceptors (Lipinski definition) is 5. The molecule has 1 heterocycles. The van der Waals surface area contributed by atoms with Crippen molar-refractivity contribution in [1.82, 2.24) is 9.55 Å². The molecule has 0 fully saturated rings. The maximum atomic E-state index is 13.1. The molecule has 3 rings (SSSR count).